The predicted octanol–water partition coefficient (Wildman–Crippen LogP) is 4.24. The van der Waals surface area contributed by atoms with E-state index in [4.69, 9.17) is 11.6 Å². The summed E-state index contributed by atoms with van der Waals surface area (Å²) in [5, 5.41) is 3.52. The van der Waals surface area contributed by atoms with E-state index in [2.05, 4.69) is 5.32 Å². The van der Waals surface area contributed by atoms with Gasteiger partial charge in [-0.2, -0.15) is 0 Å². The molecule has 1 atom stereocenters. The van der Waals surface area contributed by atoms with Crippen LogP contribution in [0.2, 0.25) is 5.02 Å². The SMILES string of the molecule is CNC(c1cccc(Cl)c1C)c1c(F)cccc1F. The first kappa shape index (κ1) is 14.0. The van der Waals surface area contributed by atoms with Gasteiger partial charge in [-0.3, -0.25) is 0 Å². The molecule has 4 heteroatoms. The van der Waals surface area contributed by atoms with Crippen LogP contribution in [0.25, 0.3) is 0 Å². The Morgan fingerprint density at radius 2 is 1.63 bits per heavy atom. The highest BCUT2D eigenvalue weighted by atomic mass is 35.5. The average Bonchev–Trinajstić information content (AvgIpc) is 2.38. The molecule has 2 rings (SSSR count). The molecular formula is C15H14ClF2N. The van der Waals surface area contributed by atoms with Crippen molar-refractivity contribution in [2.24, 2.45) is 0 Å². The number of rotatable bonds is 3. The van der Waals surface area contributed by atoms with E-state index in [9.17, 15) is 8.78 Å². The Kier molecular flexibility index (Phi) is 4.17. The summed E-state index contributed by atoms with van der Waals surface area (Å²) in [7, 11) is 1.66. The zero-order chi connectivity index (χ0) is 14.0. The molecule has 0 amide bonds. The topological polar surface area (TPSA) is 12.0 Å². The van der Waals surface area contributed by atoms with Crippen molar-refractivity contribution in [2.45, 2.75) is 13.0 Å². The number of hydrogen-bond acceptors (Lipinski definition) is 1. The summed E-state index contributed by atoms with van der Waals surface area (Å²) in [5.74, 6) is -1.14. The molecule has 1 unspecified atom stereocenters. The van der Waals surface area contributed by atoms with Crippen LogP contribution >= 0.6 is 11.6 Å². The van der Waals surface area contributed by atoms with Crippen LogP contribution in [0, 0.1) is 18.6 Å². The maximum Gasteiger partial charge on any atom is 0.131 e. The summed E-state index contributed by atoms with van der Waals surface area (Å²) >= 11 is 6.07. The number of hydrogen-bond donors (Lipinski definition) is 1. The van der Waals surface area contributed by atoms with Gasteiger partial charge in [-0.15, -0.1) is 0 Å². The Hall–Kier alpha value is -1.45. The molecule has 0 spiro atoms. The first-order valence-corrected chi connectivity index (χ1v) is 6.30. The molecule has 0 aromatic heterocycles. The first-order chi connectivity index (χ1) is 9.06. The minimum Gasteiger partial charge on any atom is -0.309 e. The maximum absolute atomic E-state index is 13.9. The van der Waals surface area contributed by atoms with Crippen LogP contribution < -0.4 is 5.32 Å². The average molecular weight is 282 g/mol. The van der Waals surface area contributed by atoms with E-state index in [0.29, 0.717) is 5.02 Å². The molecule has 0 fully saturated rings. The van der Waals surface area contributed by atoms with Gasteiger partial charge in [0.2, 0.25) is 0 Å². The molecule has 2 aromatic carbocycles. The first-order valence-electron chi connectivity index (χ1n) is 5.92. The minimum atomic E-state index is -0.571. The lowest BCUT2D eigenvalue weighted by atomic mass is 9.94. The van der Waals surface area contributed by atoms with Gasteiger partial charge in [-0.1, -0.05) is 29.8 Å². The van der Waals surface area contributed by atoms with E-state index in [1.54, 1.807) is 19.2 Å². The normalized spacial score (nSPS) is 12.5. The Morgan fingerprint density at radius 1 is 1.05 bits per heavy atom. The van der Waals surface area contributed by atoms with Gasteiger partial charge >= 0.3 is 0 Å². The maximum atomic E-state index is 13.9. The fourth-order valence-electron chi connectivity index (χ4n) is 2.18. The molecule has 2 aromatic rings. The Balaban J connectivity index is 2.60. The van der Waals surface area contributed by atoms with Crippen LogP contribution in [-0.4, -0.2) is 7.05 Å². The molecular weight excluding hydrogens is 268 g/mol. The van der Waals surface area contributed by atoms with Gasteiger partial charge in [-0.25, -0.2) is 8.78 Å². The number of benzene rings is 2. The highest BCUT2D eigenvalue weighted by Crippen LogP contribution is 2.31. The number of nitrogens with one attached hydrogen (secondary N) is 1. The van der Waals surface area contributed by atoms with Crippen molar-refractivity contribution in [3.63, 3.8) is 0 Å². The largest absolute Gasteiger partial charge is 0.309 e. The van der Waals surface area contributed by atoms with Crippen molar-refractivity contribution in [1.29, 1.82) is 0 Å². The van der Waals surface area contributed by atoms with Crippen molar-refractivity contribution in [3.05, 3.63) is 69.7 Å². The Labute approximate surface area is 116 Å². The van der Waals surface area contributed by atoms with Gasteiger partial charge in [0.05, 0.1) is 6.04 Å². The molecule has 0 bridgehead atoms. The van der Waals surface area contributed by atoms with Gasteiger partial charge in [0, 0.05) is 10.6 Å². The van der Waals surface area contributed by atoms with Crippen molar-refractivity contribution < 1.29 is 8.78 Å². The van der Waals surface area contributed by atoms with E-state index in [1.165, 1.54) is 18.2 Å². The summed E-state index contributed by atoms with van der Waals surface area (Å²) in [6.07, 6.45) is 0. The third-order valence-corrected chi connectivity index (χ3v) is 3.61. The predicted molar refractivity (Wildman–Crippen MR) is 73.4 cm³/mol. The molecule has 0 aliphatic rings. The fraction of sp³-hybridized carbons (Fsp3) is 0.200. The van der Waals surface area contributed by atoms with Crippen molar-refractivity contribution >= 4 is 11.6 Å². The van der Waals surface area contributed by atoms with E-state index < -0.39 is 17.7 Å². The lowest BCUT2D eigenvalue weighted by molar-refractivity contribution is 0.521. The second kappa shape index (κ2) is 5.68. The van der Waals surface area contributed by atoms with Crippen molar-refractivity contribution in [3.8, 4) is 0 Å². The zero-order valence-corrected chi connectivity index (χ0v) is 11.4. The van der Waals surface area contributed by atoms with E-state index in [-0.39, 0.29) is 5.56 Å². The highest BCUT2D eigenvalue weighted by Gasteiger charge is 2.22. The molecule has 19 heavy (non-hydrogen) atoms. The summed E-state index contributed by atoms with van der Waals surface area (Å²) in [5.41, 5.74) is 1.58. The number of halogens is 3. The monoisotopic (exact) mass is 281 g/mol. The Bertz CT molecular complexity index is 578. The molecule has 1 N–H and O–H groups in total. The van der Waals surface area contributed by atoms with Gasteiger partial charge in [0.15, 0.2) is 0 Å². The standard InChI is InChI=1S/C15H14ClF2N/c1-9-10(5-3-6-11(9)16)15(19-2)14-12(17)7-4-8-13(14)18/h3-8,15,19H,1-2H3. The van der Waals surface area contributed by atoms with Crippen LogP contribution in [0.15, 0.2) is 36.4 Å². The van der Waals surface area contributed by atoms with Crippen molar-refractivity contribution in [1.82, 2.24) is 5.32 Å². The lowest BCUT2D eigenvalue weighted by Crippen LogP contribution is -2.21. The highest BCUT2D eigenvalue weighted by molar-refractivity contribution is 6.31. The summed E-state index contributed by atoms with van der Waals surface area (Å²) in [6.45, 7) is 1.83. The van der Waals surface area contributed by atoms with Crippen LogP contribution in [0.1, 0.15) is 22.7 Å². The van der Waals surface area contributed by atoms with Crippen molar-refractivity contribution in [2.75, 3.05) is 7.05 Å². The smallest absolute Gasteiger partial charge is 0.131 e. The van der Waals surface area contributed by atoms with Crippen LogP contribution in [-0.2, 0) is 0 Å². The quantitative estimate of drug-likeness (QED) is 0.887. The third kappa shape index (κ3) is 2.62. The molecule has 0 radical (unpaired) electrons. The van der Waals surface area contributed by atoms with Gasteiger partial charge in [0.25, 0.3) is 0 Å². The molecule has 0 saturated carbocycles. The third-order valence-electron chi connectivity index (χ3n) is 3.20. The second-order valence-corrected chi connectivity index (χ2v) is 4.72. The molecule has 0 aliphatic heterocycles. The van der Waals surface area contributed by atoms with Crippen LogP contribution in [0.4, 0.5) is 8.78 Å². The van der Waals surface area contributed by atoms with Crippen LogP contribution in [0.5, 0.6) is 0 Å². The van der Waals surface area contributed by atoms with Gasteiger partial charge in [-0.05, 0) is 43.3 Å². The molecule has 1 nitrogen and oxygen atoms in total. The molecule has 100 valence electrons. The van der Waals surface area contributed by atoms with Gasteiger partial charge in [0.1, 0.15) is 11.6 Å². The summed E-state index contributed by atoms with van der Waals surface area (Å²) < 4.78 is 27.8. The summed E-state index contributed by atoms with van der Waals surface area (Å²) in [6, 6.07) is 8.63. The zero-order valence-electron chi connectivity index (χ0n) is 10.7. The van der Waals surface area contributed by atoms with Gasteiger partial charge < -0.3 is 5.32 Å². The molecule has 0 heterocycles. The van der Waals surface area contributed by atoms with E-state index in [1.807, 2.05) is 13.0 Å². The summed E-state index contributed by atoms with van der Waals surface area (Å²) in [4.78, 5) is 0. The minimum absolute atomic E-state index is 0.00960. The Morgan fingerprint density at radius 3 is 2.21 bits per heavy atom. The van der Waals surface area contributed by atoms with Crippen LogP contribution in [0.3, 0.4) is 0 Å². The molecule has 0 saturated heterocycles. The van der Waals surface area contributed by atoms with E-state index in [0.717, 1.165) is 11.1 Å². The fourth-order valence-corrected chi connectivity index (χ4v) is 2.36. The lowest BCUT2D eigenvalue weighted by Gasteiger charge is -2.21. The van der Waals surface area contributed by atoms with E-state index >= 15 is 0 Å². The molecule has 0 aliphatic carbocycles. The second-order valence-electron chi connectivity index (χ2n) is 4.31.